The van der Waals surface area contributed by atoms with Crippen LogP contribution in [0.3, 0.4) is 0 Å². The number of morpholine rings is 1. The van der Waals surface area contributed by atoms with Crippen molar-refractivity contribution in [2.24, 2.45) is 0 Å². The molecule has 1 fully saturated rings. The zero-order valence-electron chi connectivity index (χ0n) is 24.5. The van der Waals surface area contributed by atoms with Gasteiger partial charge >= 0.3 is 0 Å². The summed E-state index contributed by atoms with van der Waals surface area (Å²) in [4.78, 5) is 29.1. The molecule has 1 aliphatic heterocycles. The highest BCUT2D eigenvalue weighted by atomic mass is 32.2. The van der Waals surface area contributed by atoms with E-state index < -0.39 is 40.3 Å². The van der Waals surface area contributed by atoms with Crippen molar-refractivity contribution in [1.29, 1.82) is 0 Å². The molecule has 0 radical (unpaired) electrons. The van der Waals surface area contributed by atoms with E-state index in [2.05, 4.69) is 5.32 Å². The summed E-state index contributed by atoms with van der Waals surface area (Å²) >= 11 is 0. The normalized spacial score (nSPS) is 14.3. The number of ether oxygens (including phenoxy) is 2. The van der Waals surface area contributed by atoms with Gasteiger partial charge in [-0.2, -0.15) is 4.31 Å². The van der Waals surface area contributed by atoms with Crippen molar-refractivity contribution in [3.8, 4) is 5.75 Å². The molecule has 1 N–H and O–H groups in total. The van der Waals surface area contributed by atoms with Crippen LogP contribution in [0.15, 0.2) is 114 Å². The maximum absolute atomic E-state index is 13.8. The lowest BCUT2D eigenvalue weighted by atomic mass is 10.0. The van der Waals surface area contributed by atoms with E-state index in [1.165, 1.54) is 45.6 Å². The molecule has 4 aromatic rings. The van der Waals surface area contributed by atoms with Crippen LogP contribution in [0.2, 0.25) is 0 Å². The Hall–Kier alpha value is -4.58. The molecule has 1 saturated heterocycles. The van der Waals surface area contributed by atoms with E-state index in [-0.39, 0.29) is 36.8 Å². The predicted molar refractivity (Wildman–Crippen MR) is 166 cm³/mol. The zero-order chi connectivity index (χ0) is 31.6. The Morgan fingerprint density at radius 3 is 2.11 bits per heavy atom. The highest BCUT2D eigenvalue weighted by molar-refractivity contribution is 7.89. The minimum atomic E-state index is -3.69. The van der Waals surface area contributed by atoms with Gasteiger partial charge in [0, 0.05) is 26.2 Å². The number of hydrogen-bond acceptors (Lipinski definition) is 6. The molecule has 0 saturated carbocycles. The second kappa shape index (κ2) is 14.9. The smallest absolute Gasteiger partial charge is 0.261 e. The Morgan fingerprint density at radius 2 is 1.47 bits per heavy atom. The van der Waals surface area contributed by atoms with Gasteiger partial charge in [-0.05, 0) is 53.1 Å². The molecule has 5 rings (SSSR count). The number of carbonyl (C=O) groups excluding carboxylic acids is 2. The molecule has 1 heterocycles. The lowest BCUT2D eigenvalue weighted by Crippen LogP contribution is -2.45. The molecule has 2 amide bonds. The van der Waals surface area contributed by atoms with Crippen LogP contribution in [0.4, 0.5) is 4.39 Å². The summed E-state index contributed by atoms with van der Waals surface area (Å²) in [6, 6.07) is 28.9. The summed E-state index contributed by atoms with van der Waals surface area (Å²) in [5, 5.41) is 2.95. The average molecular weight is 632 g/mol. The molecule has 45 heavy (non-hydrogen) atoms. The number of rotatable bonds is 12. The van der Waals surface area contributed by atoms with Crippen LogP contribution in [0.25, 0.3) is 0 Å². The number of benzene rings is 4. The van der Waals surface area contributed by atoms with Crippen molar-refractivity contribution in [3.05, 3.63) is 132 Å². The van der Waals surface area contributed by atoms with Gasteiger partial charge in [-0.3, -0.25) is 9.59 Å². The molecule has 11 heteroatoms. The van der Waals surface area contributed by atoms with Crippen LogP contribution in [-0.4, -0.2) is 62.3 Å². The van der Waals surface area contributed by atoms with Gasteiger partial charge in [0.1, 0.15) is 17.6 Å². The van der Waals surface area contributed by atoms with E-state index >= 15 is 0 Å². The first-order valence-corrected chi connectivity index (χ1v) is 16.0. The van der Waals surface area contributed by atoms with Crippen LogP contribution in [0.5, 0.6) is 5.75 Å². The number of hydrogen-bond donors (Lipinski definition) is 1. The Morgan fingerprint density at radius 1 is 0.844 bits per heavy atom. The molecular weight excluding hydrogens is 597 g/mol. The molecule has 0 bridgehead atoms. The van der Waals surface area contributed by atoms with Gasteiger partial charge in [0.15, 0.2) is 6.61 Å². The van der Waals surface area contributed by atoms with Crippen LogP contribution < -0.4 is 10.1 Å². The summed E-state index contributed by atoms with van der Waals surface area (Å²) in [6.45, 7) is 1.08. The first-order chi connectivity index (χ1) is 21.8. The first kappa shape index (κ1) is 31.8. The largest absolute Gasteiger partial charge is 0.484 e. The van der Waals surface area contributed by atoms with Gasteiger partial charge in [-0.25, -0.2) is 12.8 Å². The van der Waals surface area contributed by atoms with E-state index in [1.54, 1.807) is 36.4 Å². The molecule has 1 aliphatic rings. The van der Waals surface area contributed by atoms with Crippen LogP contribution in [0, 0.1) is 5.82 Å². The van der Waals surface area contributed by atoms with Gasteiger partial charge in [-0.1, -0.05) is 72.8 Å². The van der Waals surface area contributed by atoms with Crippen molar-refractivity contribution in [1.82, 2.24) is 14.5 Å². The highest BCUT2D eigenvalue weighted by Crippen LogP contribution is 2.26. The molecule has 0 aromatic heterocycles. The zero-order valence-corrected chi connectivity index (χ0v) is 25.4. The van der Waals surface area contributed by atoms with Gasteiger partial charge in [0.25, 0.3) is 5.91 Å². The first-order valence-electron chi connectivity index (χ1n) is 14.5. The molecule has 1 atom stereocenters. The van der Waals surface area contributed by atoms with Crippen molar-refractivity contribution >= 4 is 21.8 Å². The third-order valence-electron chi connectivity index (χ3n) is 7.37. The van der Waals surface area contributed by atoms with Crippen molar-refractivity contribution in [2.45, 2.75) is 24.0 Å². The number of carbonyl (C=O) groups is 2. The van der Waals surface area contributed by atoms with Crippen molar-refractivity contribution in [2.75, 3.05) is 32.9 Å². The summed E-state index contributed by atoms with van der Waals surface area (Å²) in [5.41, 5.74) is 2.12. The maximum atomic E-state index is 13.8. The maximum Gasteiger partial charge on any atom is 0.261 e. The summed E-state index contributed by atoms with van der Waals surface area (Å²) in [6.07, 6.45) is 0. The minimum Gasteiger partial charge on any atom is -0.484 e. The average Bonchev–Trinajstić information content (AvgIpc) is 3.08. The Labute approximate surface area is 262 Å². The monoisotopic (exact) mass is 631 g/mol. The summed E-state index contributed by atoms with van der Waals surface area (Å²) in [5.74, 6) is -1.01. The lowest BCUT2D eigenvalue weighted by molar-refractivity contribution is -0.143. The SMILES string of the molecule is O=C(NCc1ccccc1)[C@@H](c1ccccc1)N(Cc1ccc(F)cc1)C(=O)COc1ccc(S(=O)(=O)N2CCOCC2)cc1. The van der Waals surface area contributed by atoms with E-state index in [9.17, 15) is 22.4 Å². The van der Waals surface area contributed by atoms with E-state index in [1.807, 2.05) is 36.4 Å². The van der Waals surface area contributed by atoms with E-state index in [4.69, 9.17) is 9.47 Å². The number of amides is 2. The lowest BCUT2D eigenvalue weighted by Gasteiger charge is -2.31. The van der Waals surface area contributed by atoms with Gasteiger partial charge in [0.05, 0.1) is 18.1 Å². The summed E-state index contributed by atoms with van der Waals surface area (Å²) in [7, 11) is -3.69. The molecule has 0 spiro atoms. The standard InChI is InChI=1S/C34H34FN3O6S/c35-29-13-11-27(12-14-29)24-38(33(28-9-5-2-6-10-28)34(40)36-23-26-7-3-1-4-8-26)32(39)25-44-30-15-17-31(18-16-30)45(41,42)37-19-21-43-22-20-37/h1-18,33H,19-25H2,(H,36,40)/t33-/m1/s1. The van der Waals surface area contributed by atoms with Crippen molar-refractivity contribution < 1.29 is 31.9 Å². The molecule has 0 aliphatic carbocycles. The van der Waals surface area contributed by atoms with Crippen molar-refractivity contribution in [3.63, 3.8) is 0 Å². The van der Waals surface area contributed by atoms with Gasteiger partial charge in [0.2, 0.25) is 15.9 Å². The number of nitrogens with zero attached hydrogens (tertiary/aromatic N) is 2. The molecular formula is C34H34FN3O6S. The minimum absolute atomic E-state index is 0.0114. The Kier molecular flexibility index (Phi) is 10.6. The highest BCUT2D eigenvalue weighted by Gasteiger charge is 2.32. The van der Waals surface area contributed by atoms with Gasteiger partial charge in [-0.15, -0.1) is 0 Å². The second-order valence-corrected chi connectivity index (χ2v) is 12.4. The topological polar surface area (TPSA) is 105 Å². The Bertz CT molecular complexity index is 1670. The molecule has 4 aromatic carbocycles. The fraction of sp³-hybridized carbons (Fsp3) is 0.235. The van der Waals surface area contributed by atoms with Crippen LogP contribution in [-0.2, 0) is 37.4 Å². The van der Waals surface area contributed by atoms with E-state index in [0.29, 0.717) is 24.3 Å². The number of nitrogens with one attached hydrogen (secondary N) is 1. The molecule has 9 nitrogen and oxygen atoms in total. The summed E-state index contributed by atoms with van der Waals surface area (Å²) < 4.78 is 52.1. The fourth-order valence-corrected chi connectivity index (χ4v) is 6.38. The molecule has 234 valence electrons. The second-order valence-electron chi connectivity index (χ2n) is 10.4. The molecule has 0 unspecified atom stereocenters. The quantitative estimate of drug-likeness (QED) is 0.250. The number of sulfonamides is 1. The van der Waals surface area contributed by atoms with E-state index in [0.717, 1.165) is 5.56 Å². The Balaban J connectivity index is 1.36. The number of halogens is 1. The van der Waals surface area contributed by atoms with Crippen LogP contribution in [0.1, 0.15) is 22.7 Å². The predicted octanol–water partition coefficient (Wildman–Crippen LogP) is 4.31. The van der Waals surface area contributed by atoms with Gasteiger partial charge < -0.3 is 19.7 Å². The third-order valence-corrected chi connectivity index (χ3v) is 9.28. The van der Waals surface area contributed by atoms with Crippen LogP contribution >= 0.6 is 0 Å². The fourth-order valence-electron chi connectivity index (χ4n) is 4.97. The third kappa shape index (κ3) is 8.33.